The highest BCUT2D eigenvalue weighted by Gasteiger charge is 2.22. The summed E-state index contributed by atoms with van der Waals surface area (Å²) in [6.07, 6.45) is 6.15. The number of nitrogens with zero attached hydrogens (tertiary/aromatic N) is 2. The standard InChI is InChI=1S/C20H23BN2O3/c1-15(26-19-4-2-3-13-25-19)20-22-11-12-23(20)18(14-24)10-7-16-5-8-17(21)9-6-16/h5-6,8-9,11-12,15,18-19,24H,2-4,13-14H2,1H3/t15-,18-,19?/m0/s1. The van der Waals surface area contributed by atoms with Gasteiger partial charge in [0.15, 0.2) is 6.29 Å². The maximum absolute atomic E-state index is 9.81. The quantitative estimate of drug-likeness (QED) is 0.661. The summed E-state index contributed by atoms with van der Waals surface area (Å²) in [6.45, 7) is 2.56. The molecule has 26 heavy (non-hydrogen) atoms. The largest absolute Gasteiger partial charge is 0.393 e. The minimum atomic E-state index is -0.400. The molecule has 1 aliphatic heterocycles. The third-order valence-corrected chi connectivity index (χ3v) is 4.36. The lowest BCUT2D eigenvalue weighted by Crippen LogP contribution is -2.25. The van der Waals surface area contributed by atoms with E-state index in [2.05, 4.69) is 16.8 Å². The highest BCUT2D eigenvalue weighted by atomic mass is 16.7. The number of benzene rings is 1. The van der Waals surface area contributed by atoms with Gasteiger partial charge >= 0.3 is 0 Å². The van der Waals surface area contributed by atoms with Gasteiger partial charge in [0.25, 0.3) is 0 Å². The Kier molecular flexibility index (Phi) is 6.51. The minimum Gasteiger partial charge on any atom is -0.393 e. The van der Waals surface area contributed by atoms with Gasteiger partial charge in [0.2, 0.25) is 0 Å². The molecular weight excluding hydrogens is 327 g/mol. The van der Waals surface area contributed by atoms with Crippen molar-refractivity contribution in [2.75, 3.05) is 13.2 Å². The van der Waals surface area contributed by atoms with Crippen molar-refractivity contribution in [3.63, 3.8) is 0 Å². The van der Waals surface area contributed by atoms with E-state index in [0.29, 0.717) is 5.46 Å². The van der Waals surface area contributed by atoms with Gasteiger partial charge in [0.05, 0.1) is 6.61 Å². The molecule has 1 N–H and O–H groups in total. The molecule has 1 unspecified atom stereocenters. The number of rotatable bonds is 5. The van der Waals surface area contributed by atoms with Gasteiger partial charge in [-0.25, -0.2) is 4.98 Å². The number of aliphatic hydroxyl groups excluding tert-OH is 1. The fourth-order valence-corrected chi connectivity index (χ4v) is 2.95. The van der Waals surface area contributed by atoms with Crippen LogP contribution in [0.1, 0.15) is 49.7 Å². The molecule has 6 heteroatoms. The molecule has 2 heterocycles. The van der Waals surface area contributed by atoms with Crippen LogP contribution in [0.15, 0.2) is 36.7 Å². The van der Waals surface area contributed by atoms with Crippen LogP contribution in [0, 0.1) is 11.8 Å². The molecule has 0 saturated carbocycles. The second-order valence-corrected chi connectivity index (χ2v) is 6.36. The van der Waals surface area contributed by atoms with E-state index in [1.165, 1.54) is 0 Å². The number of ether oxygens (including phenoxy) is 2. The van der Waals surface area contributed by atoms with Crippen LogP contribution in [0.25, 0.3) is 0 Å². The molecule has 0 bridgehead atoms. The number of aromatic nitrogens is 2. The van der Waals surface area contributed by atoms with Crippen molar-refractivity contribution < 1.29 is 14.6 Å². The normalized spacial score (nSPS) is 19.4. The van der Waals surface area contributed by atoms with E-state index in [4.69, 9.17) is 17.3 Å². The first-order chi connectivity index (χ1) is 12.7. The van der Waals surface area contributed by atoms with E-state index in [9.17, 15) is 5.11 Å². The van der Waals surface area contributed by atoms with Crippen molar-refractivity contribution >= 4 is 13.3 Å². The molecule has 0 amide bonds. The van der Waals surface area contributed by atoms with Crippen LogP contribution in [-0.2, 0) is 9.47 Å². The van der Waals surface area contributed by atoms with Crippen LogP contribution < -0.4 is 5.46 Å². The predicted molar refractivity (Wildman–Crippen MR) is 100 cm³/mol. The van der Waals surface area contributed by atoms with Gasteiger partial charge in [-0.05, 0) is 38.3 Å². The Labute approximate surface area is 155 Å². The Morgan fingerprint density at radius 2 is 2.19 bits per heavy atom. The molecule has 1 aliphatic rings. The minimum absolute atomic E-state index is 0.113. The maximum Gasteiger partial charge on any atom is 0.158 e. The molecule has 1 aromatic heterocycles. The summed E-state index contributed by atoms with van der Waals surface area (Å²) < 4.78 is 13.5. The third kappa shape index (κ3) is 4.76. The number of hydrogen-bond donors (Lipinski definition) is 1. The van der Waals surface area contributed by atoms with Gasteiger partial charge in [-0.3, -0.25) is 0 Å². The maximum atomic E-state index is 9.81. The van der Waals surface area contributed by atoms with Crippen LogP contribution in [0.5, 0.6) is 0 Å². The topological polar surface area (TPSA) is 56.5 Å². The summed E-state index contributed by atoms with van der Waals surface area (Å²) in [5, 5.41) is 9.81. The zero-order valence-corrected chi connectivity index (χ0v) is 15.0. The van der Waals surface area contributed by atoms with Crippen LogP contribution in [0.3, 0.4) is 0 Å². The third-order valence-electron chi connectivity index (χ3n) is 4.36. The van der Waals surface area contributed by atoms with E-state index >= 15 is 0 Å². The molecule has 134 valence electrons. The molecule has 0 aliphatic carbocycles. The SMILES string of the molecule is [B]c1ccc(C#C[C@@H](CO)n2ccnc2[C@H](C)OC2CCCCO2)cc1. The van der Waals surface area contributed by atoms with Crippen LogP contribution in [0.2, 0.25) is 0 Å². The number of hydrogen-bond acceptors (Lipinski definition) is 4. The lowest BCUT2D eigenvalue weighted by Gasteiger charge is -2.26. The van der Waals surface area contributed by atoms with Gasteiger partial charge in [-0.2, -0.15) is 0 Å². The van der Waals surface area contributed by atoms with E-state index < -0.39 is 6.04 Å². The fourth-order valence-electron chi connectivity index (χ4n) is 2.95. The average molecular weight is 350 g/mol. The van der Waals surface area contributed by atoms with Crippen molar-refractivity contribution in [1.29, 1.82) is 0 Å². The molecule has 1 aromatic carbocycles. The van der Waals surface area contributed by atoms with Crippen LogP contribution >= 0.6 is 0 Å². The Balaban J connectivity index is 1.73. The first-order valence-corrected chi connectivity index (χ1v) is 8.95. The van der Waals surface area contributed by atoms with Gasteiger partial charge in [-0.15, -0.1) is 0 Å². The van der Waals surface area contributed by atoms with Gasteiger partial charge < -0.3 is 19.1 Å². The Morgan fingerprint density at radius 1 is 1.38 bits per heavy atom. The van der Waals surface area contributed by atoms with E-state index in [1.54, 1.807) is 18.3 Å². The Bertz CT molecular complexity index is 757. The molecule has 2 radical (unpaired) electrons. The van der Waals surface area contributed by atoms with Crippen molar-refractivity contribution in [2.45, 2.75) is 44.6 Å². The first-order valence-electron chi connectivity index (χ1n) is 8.95. The zero-order valence-electron chi connectivity index (χ0n) is 15.0. The van der Waals surface area contributed by atoms with E-state index in [1.807, 2.05) is 29.8 Å². The van der Waals surface area contributed by atoms with Crippen molar-refractivity contribution in [3.05, 3.63) is 48.0 Å². The molecule has 1 fully saturated rings. The van der Waals surface area contributed by atoms with Gasteiger partial charge in [-0.1, -0.05) is 29.4 Å². The lowest BCUT2D eigenvalue weighted by atomic mass is 9.95. The summed E-state index contributed by atoms with van der Waals surface area (Å²) >= 11 is 0. The summed E-state index contributed by atoms with van der Waals surface area (Å²) in [7, 11) is 5.69. The molecule has 2 aromatic rings. The smallest absolute Gasteiger partial charge is 0.158 e. The van der Waals surface area contributed by atoms with Crippen LogP contribution in [0.4, 0.5) is 0 Å². The summed E-state index contributed by atoms with van der Waals surface area (Å²) in [5.41, 5.74) is 1.54. The fraction of sp³-hybridized carbons (Fsp3) is 0.450. The second-order valence-electron chi connectivity index (χ2n) is 6.36. The molecule has 1 saturated heterocycles. The molecule has 3 atom stereocenters. The molecule has 5 nitrogen and oxygen atoms in total. The monoisotopic (exact) mass is 350 g/mol. The molecular formula is C20H23BN2O3. The van der Waals surface area contributed by atoms with Crippen molar-refractivity contribution in [1.82, 2.24) is 9.55 Å². The van der Waals surface area contributed by atoms with Crippen molar-refractivity contribution in [3.8, 4) is 11.8 Å². The summed E-state index contributed by atoms with van der Waals surface area (Å²) in [5.74, 6) is 6.91. The highest BCUT2D eigenvalue weighted by molar-refractivity contribution is 6.32. The summed E-state index contributed by atoms with van der Waals surface area (Å²) in [4.78, 5) is 4.40. The second kappa shape index (κ2) is 9.04. The van der Waals surface area contributed by atoms with Gasteiger partial charge in [0.1, 0.15) is 25.8 Å². The number of aliphatic hydroxyl groups is 1. The van der Waals surface area contributed by atoms with Gasteiger partial charge in [0, 0.05) is 24.6 Å². The number of imidazole rings is 1. The zero-order chi connectivity index (χ0) is 18.4. The Morgan fingerprint density at radius 3 is 2.88 bits per heavy atom. The molecule has 0 spiro atoms. The Hall–Kier alpha value is -2.07. The summed E-state index contributed by atoms with van der Waals surface area (Å²) in [6, 6.07) is 6.93. The van der Waals surface area contributed by atoms with E-state index in [0.717, 1.165) is 37.3 Å². The lowest BCUT2D eigenvalue weighted by molar-refractivity contribution is -0.188. The van der Waals surface area contributed by atoms with Crippen LogP contribution in [-0.4, -0.2) is 42.0 Å². The predicted octanol–water partition coefficient (Wildman–Crippen LogP) is 1.87. The van der Waals surface area contributed by atoms with Crippen molar-refractivity contribution in [2.24, 2.45) is 0 Å². The average Bonchev–Trinajstić information content (AvgIpc) is 3.14. The first kappa shape index (κ1) is 18.7. The molecule has 3 rings (SSSR count). The highest BCUT2D eigenvalue weighted by Crippen LogP contribution is 2.24. The van der Waals surface area contributed by atoms with E-state index in [-0.39, 0.29) is 19.0 Å².